The molecule has 1 fully saturated rings. The zero-order valence-electron chi connectivity index (χ0n) is 10.1. The van der Waals surface area contributed by atoms with E-state index in [1.54, 1.807) is 0 Å². The number of rotatable bonds is 5. The van der Waals surface area contributed by atoms with Crippen molar-refractivity contribution >= 4 is 11.6 Å². The topological polar surface area (TPSA) is 12.0 Å². The lowest BCUT2D eigenvalue weighted by atomic mass is 9.95. The Morgan fingerprint density at radius 2 is 2.19 bits per heavy atom. The first-order chi connectivity index (χ1) is 7.68. The summed E-state index contributed by atoms with van der Waals surface area (Å²) in [6.07, 6.45) is 2.46. The van der Waals surface area contributed by atoms with Crippen molar-refractivity contribution in [3.05, 3.63) is 34.9 Å². The molecule has 0 spiro atoms. The van der Waals surface area contributed by atoms with E-state index in [1.807, 2.05) is 12.1 Å². The Kier molecular flexibility index (Phi) is 3.56. The molecule has 0 amide bonds. The van der Waals surface area contributed by atoms with E-state index >= 15 is 0 Å². The molecule has 1 aromatic carbocycles. The second kappa shape index (κ2) is 4.77. The molecule has 0 heterocycles. The Labute approximate surface area is 103 Å². The SMILES string of the molecule is CCCNCC1CC1(C)c1ccccc1Cl. The molecule has 1 saturated carbocycles. The molecule has 0 bridgehead atoms. The van der Waals surface area contributed by atoms with Crippen LogP contribution in [0.2, 0.25) is 5.02 Å². The van der Waals surface area contributed by atoms with Crippen LogP contribution in [0.5, 0.6) is 0 Å². The van der Waals surface area contributed by atoms with Gasteiger partial charge in [-0.25, -0.2) is 0 Å². The van der Waals surface area contributed by atoms with Crippen LogP contribution in [0.3, 0.4) is 0 Å². The van der Waals surface area contributed by atoms with Crippen molar-refractivity contribution in [2.75, 3.05) is 13.1 Å². The van der Waals surface area contributed by atoms with Crippen LogP contribution in [0, 0.1) is 5.92 Å². The summed E-state index contributed by atoms with van der Waals surface area (Å²) >= 11 is 6.26. The van der Waals surface area contributed by atoms with Gasteiger partial charge < -0.3 is 5.32 Å². The van der Waals surface area contributed by atoms with E-state index in [0.29, 0.717) is 5.41 Å². The molecule has 0 aliphatic heterocycles. The molecule has 16 heavy (non-hydrogen) atoms. The zero-order chi connectivity index (χ0) is 11.6. The van der Waals surface area contributed by atoms with Crippen molar-refractivity contribution < 1.29 is 0 Å². The van der Waals surface area contributed by atoms with Gasteiger partial charge in [0.15, 0.2) is 0 Å². The minimum Gasteiger partial charge on any atom is -0.316 e. The van der Waals surface area contributed by atoms with Gasteiger partial charge in [0.25, 0.3) is 0 Å². The fraction of sp³-hybridized carbons (Fsp3) is 0.571. The first-order valence-electron chi connectivity index (χ1n) is 6.14. The van der Waals surface area contributed by atoms with Gasteiger partial charge in [0.05, 0.1) is 0 Å². The molecule has 1 aliphatic carbocycles. The van der Waals surface area contributed by atoms with Gasteiger partial charge in [-0.3, -0.25) is 0 Å². The summed E-state index contributed by atoms with van der Waals surface area (Å²) in [4.78, 5) is 0. The lowest BCUT2D eigenvalue weighted by Crippen LogP contribution is -2.21. The standard InChI is InChI=1S/C14H20ClN/c1-3-8-16-10-11-9-14(11,2)12-6-4-5-7-13(12)15/h4-7,11,16H,3,8-10H2,1-2H3. The largest absolute Gasteiger partial charge is 0.316 e. The average molecular weight is 238 g/mol. The molecule has 1 nitrogen and oxygen atoms in total. The summed E-state index contributed by atoms with van der Waals surface area (Å²) in [6.45, 7) is 6.77. The lowest BCUT2D eigenvalue weighted by molar-refractivity contribution is 0.575. The van der Waals surface area contributed by atoms with Gasteiger partial charge in [0, 0.05) is 5.02 Å². The molecule has 2 rings (SSSR count). The van der Waals surface area contributed by atoms with Crippen molar-refractivity contribution in [3.63, 3.8) is 0 Å². The highest BCUT2D eigenvalue weighted by Crippen LogP contribution is 2.55. The molecule has 88 valence electrons. The highest BCUT2D eigenvalue weighted by molar-refractivity contribution is 6.31. The van der Waals surface area contributed by atoms with Gasteiger partial charge in [0.1, 0.15) is 0 Å². The quantitative estimate of drug-likeness (QED) is 0.772. The van der Waals surface area contributed by atoms with Crippen LogP contribution in [-0.4, -0.2) is 13.1 Å². The molecule has 0 radical (unpaired) electrons. The van der Waals surface area contributed by atoms with E-state index in [4.69, 9.17) is 11.6 Å². The molecule has 1 N–H and O–H groups in total. The molecule has 2 atom stereocenters. The number of nitrogens with one attached hydrogen (secondary N) is 1. The summed E-state index contributed by atoms with van der Waals surface area (Å²) in [5, 5.41) is 4.42. The molecular formula is C14H20ClN. The van der Waals surface area contributed by atoms with E-state index in [1.165, 1.54) is 18.4 Å². The Bertz CT molecular complexity index is 364. The van der Waals surface area contributed by atoms with E-state index in [2.05, 4.69) is 31.3 Å². The Balaban J connectivity index is 1.99. The van der Waals surface area contributed by atoms with E-state index in [9.17, 15) is 0 Å². The molecule has 0 saturated heterocycles. The van der Waals surface area contributed by atoms with Gasteiger partial charge in [0.2, 0.25) is 0 Å². The van der Waals surface area contributed by atoms with Gasteiger partial charge in [-0.15, -0.1) is 0 Å². The minimum absolute atomic E-state index is 0.305. The fourth-order valence-corrected chi connectivity index (χ4v) is 2.81. The molecule has 1 aliphatic rings. The zero-order valence-corrected chi connectivity index (χ0v) is 10.8. The summed E-state index contributed by atoms with van der Waals surface area (Å²) in [7, 11) is 0. The Morgan fingerprint density at radius 3 is 2.88 bits per heavy atom. The Morgan fingerprint density at radius 1 is 1.44 bits per heavy atom. The maximum atomic E-state index is 6.26. The van der Waals surface area contributed by atoms with Crippen LogP contribution in [-0.2, 0) is 5.41 Å². The summed E-state index contributed by atoms with van der Waals surface area (Å²) in [5.41, 5.74) is 1.62. The van der Waals surface area contributed by atoms with Gasteiger partial charge in [-0.2, -0.15) is 0 Å². The van der Waals surface area contributed by atoms with Crippen LogP contribution >= 0.6 is 11.6 Å². The Hall–Kier alpha value is -0.530. The summed E-state index contributed by atoms with van der Waals surface area (Å²) in [6, 6.07) is 8.25. The highest BCUT2D eigenvalue weighted by atomic mass is 35.5. The minimum atomic E-state index is 0.305. The first kappa shape index (κ1) is 11.9. The third kappa shape index (κ3) is 2.26. The smallest absolute Gasteiger partial charge is 0.0443 e. The lowest BCUT2D eigenvalue weighted by Gasteiger charge is -2.14. The maximum Gasteiger partial charge on any atom is 0.0443 e. The van der Waals surface area contributed by atoms with E-state index in [-0.39, 0.29) is 0 Å². The fourth-order valence-electron chi connectivity index (χ4n) is 2.46. The van der Waals surface area contributed by atoms with Crippen LogP contribution in [0.25, 0.3) is 0 Å². The van der Waals surface area contributed by atoms with Gasteiger partial charge in [-0.1, -0.05) is 43.6 Å². The molecule has 2 unspecified atom stereocenters. The number of benzene rings is 1. The third-order valence-corrected chi connectivity index (χ3v) is 4.05. The second-order valence-corrected chi connectivity index (χ2v) is 5.41. The number of halogens is 1. The monoisotopic (exact) mass is 237 g/mol. The summed E-state index contributed by atoms with van der Waals surface area (Å²) in [5.74, 6) is 0.749. The van der Waals surface area contributed by atoms with Crippen molar-refractivity contribution in [1.29, 1.82) is 0 Å². The molecule has 2 heteroatoms. The summed E-state index contributed by atoms with van der Waals surface area (Å²) < 4.78 is 0. The predicted molar refractivity (Wildman–Crippen MR) is 70.1 cm³/mol. The third-order valence-electron chi connectivity index (χ3n) is 3.72. The predicted octanol–water partition coefficient (Wildman–Crippen LogP) is 3.62. The average Bonchev–Trinajstić information content (AvgIpc) is 2.92. The number of hydrogen-bond donors (Lipinski definition) is 1. The van der Waals surface area contributed by atoms with Crippen LogP contribution < -0.4 is 5.32 Å². The first-order valence-corrected chi connectivity index (χ1v) is 6.52. The van der Waals surface area contributed by atoms with Crippen molar-refractivity contribution in [2.45, 2.75) is 32.1 Å². The van der Waals surface area contributed by atoms with Crippen LogP contribution in [0.4, 0.5) is 0 Å². The van der Waals surface area contributed by atoms with Gasteiger partial charge in [-0.05, 0) is 48.9 Å². The van der Waals surface area contributed by atoms with Crippen molar-refractivity contribution in [1.82, 2.24) is 5.32 Å². The normalized spacial score (nSPS) is 28.1. The van der Waals surface area contributed by atoms with Crippen molar-refractivity contribution in [3.8, 4) is 0 Å². The van der Waals surface area contributed by atoms with E-state index in [0.717, 1.165) is 24.0 Å². The molecule has 0 aromatic heterocycles. The van der Waals surface area contributed by atoms with Gasteiger partial charge >= 0.3 is 0 Å². The van der Waals surface area contributed by atoms with Crippen LogP contribution in [0.1, 0.15) is 32.3 Å². The highest BCUT2D eigenvalue weighted by Gasteiger charge is 2.51. The number of hydrogen-bond acceptors (Lipinski definition) is 1. The van der Waals surface area contributed by atoms with E-state index < -0.39 is 0 Å². The second-order valence-electron chi connectivity index (χ2n) is 5.00. The molecular weight excluding hydrogens is 218 g/mol. The van der Waals surface area contributed by atoms with Crippen molar-refractivity contribution in [2.24, 2.45) is 5.92 Å². The molecule has 1 aromatic rings. The maximum absolute atomic E-state index is 6.26. The van der Waals surface area contributed by atoms with Crippen LogP contribution in [0.15, 0.2) is 24.3 Å².